The maximum Gasteiger partial charge on any atom is 0.310 e. The lowest BCUT2D eigenvalue weighted by atomic mass is 9.86. The van der Waals surface area contributed by atoms with Gasteiger partial charge in [-0.15, -0.1) is 0 Å². The monoisotopic (exact) mass is 325 g/mol. The summed E-state index contributed by atoms with van der Waals surface area (Å²) in [5.74, 6) is -1.08. The molecule has 0 saturated heterocycles. The maximum atomic E-state index is 12.1. The lowest BCUT2D eigenvalue weighted by Crippen LogP contribution is -2.15. The van der Waals surface area contributed by atoms with Gasteiger partial charge in [-0.25, -0.2) is 0 Å². The number of nitriles is 1. The summed E-state index contributed by atoms with van der Waals surface area (Å²) in [4.78, 5) is 22.1. The Bertz CT molecular complexity index is 836. The first-order valence-electron chi connectivity index (χ1n) is 7.05. The molecule has 0 heterocycles. The third-order valence-corrected chi connectivity index (χ3v) is 3.58. The number of nitro benzene ring substituents is 1. The molecule has 122 valence electrons. The lowest BCUT2D eigenvalue weighted by molar-refractivity contribution is -0.385. The van der Waals surface area contributed by atoms with Gasteiger partial charge in [-0.1, -0.05) is 12.1 Å². The standard InChI is InChI=1S/C17H15N3O4/c1-17(2,10-18)12-4-6-13(7-5-12)19-16(22)11-3-8-14(20(23)24)15(21)9-11/h3-9,21H,1-2H3,(H,19,22). The van der Waals surface area contributed by atoms with E-state index in [-0.39, 0.29) is 5.56 Å². The second-order valence-corrected chi connectivity index (χ2v) is 5.73. The molecule has 0 aromatic heterocycles. The fraction of sp³-hybridized carbons (Fsp3) is 0.176. The molecule has 7 nitrogen and oxygen atoms in total. The summed E-state index contributed by atoms with van der Waals surface area (Å²) < 4.78 is 0. The summed E-state index contributed by atoms with van der Waals surface area (Å²) in [6.45, 7) is 3.58. The topological polar surface area (TPSA) is 116 Å². The van der Waals surface area contributed by atoms with E-state index in [9.17, 15) is 20.0 Å². The van der Waals surface area contributed by atoms with Crippen LogP contribution in [-0.4, -0.2) is 15.9 Å². The number of carbonyl (C=O) groups excluding carboxylic acids is 1. The smallest absolute Gasteiger partial charge is 0.310 e. The van der Waals surface area contributed by atoms with Gasteiger partial charge in [0.25, 0.3) is 5.91 Å². The highest BCUT2D eigenvalue weighted by Gasteiger charge is 2.20. The number of rotatable bonds is 4. The van der Waals surface area contributed by atoms with Crippen LogP contribution in [0.1, 0.15) is 29.8 Å². The number of anilines is 1. The van der Waals surface area contributed by atoms with Gasteiger partial charge < -0.3 is 10.4 Å². The Labute approximate surface area is 138 Å². The SMILES string of the molecule is CC(C)(C#N)c1ccc(NC(=O)c2ccc([N+](=O)[O-])c(O)c2)cc1. The van der Waals surface area contributed by atoms with E-state index in [0.29, 0.717) is 5.69 Å². The Balaban J connectivity index is 2.17. The van der Waals surface area contributed by atoms with Gasteiger partial charge >= 0.3 is 5.69 Å². The van der Waals surface area contributed by atoms with Crippen LogP contribution in [0.15, 0.2) is 42.5 Å². The van der Waals surface area contributed by atoms with Crippen LogP contribution in [0.2, 0.25) is 0 Å². The molecule has 7 heteroatoms. The molecule has 0 atom stereocenters. The normalized spacial score (nSPS) is 10.7. The lowest BCUT2D eigenvalue weighted by Gasteiger charge is -2.16. The van der Waals surface area contributed by atoms with Crippen molar-refractivity contribution in [2.45, 2.75) is 19.3 Å². The van der Waals surface area contributed by atoms with Crippen LogP contribution in [0.4, 0.5) is 11.4 Å². The Morgan fingerprint density at radius 1 is 1.25 bits per heavy atom. The zero-order valence-electron chi connectivity index (χ0n) is 13.1. The molecule has 0 spiro atoms. The van der Waals surface area contributed by atoms with Gasteiger partial charge in [0.1, 0.15) is 0 Å². The summed E-state index contributed by atoms with van der Waals surface area (Å²) >= 11 is 0. The second kappa shape index (κ2) is 6.38. The van der Waals surface area contributed by atoms with E-state index < -0.39 is 27.7 Å². The van der Waals surface area contributed by atoms with E-state index >= 15 is 0 Å². The molecule has 0 saturated carbocycles. The van der Waals surface area contributed by atoms with Crippen molar-refractivity contribution in [3.63, 3.8) is 0 Å². The molecule has 1 amide bonds. The van der Waals surface area contributed by atoms with Gasteiger partial charge in [0, 0.05) is 17.3 Å². The highest BCUT2D eigenvalue weighted by molar-refractivity contribution is 6.04. The minimum atomic E-state index is -0.729. The number of hydrogen-bond acceptors (Lipinski definition) is 5. The number of amides is 1. The van der Waals surface area contributed by atoms with Crippen molar-refractivity contribution in [1.82, 2.24) is 0 Å². The number of carbonyl (C=O) groups is 1. The zero-order valence-corrected chi connectivity index (χ0v) is 13.1. The predicted molar refractivity (Wildman–Crippen MR) is 87.8 cm³/mol. The summed E-state index contributed by atoms with van der Waals surface area (Å²) in [5, 5.41) is 32.0. The third kappa shape index (κ3) is 3.50. The summed E-state index contributed by atoms with van der Waals surface area (Å²) in [5.41, 5.74) is 0.327. The molecule has 0 unspecified atom stereocenters. The molecule has 0 aliphatic carbocycles. The number of benzene rings is 2. The van der Waals surface area contributed by atoms with Crippen molar-refractivity contribution < 1.29 is 14.8 Å². The Kier molecular flexibility index (Phi) is 4.51. The third-order valence-electron chi connectivity index (χ3n) is 3.58. The Morgan fingerprint density at radius 2 is 1.88 bits per heavy atom. The van der Waals surface area contributed by atoms with Gasteiger partial charge in [-0.3, -0.25) is 14.9 Å². The Morgan fingerprint density at radius 3 is 2.38 bits per heavy atom. The van der Waals surface area contributed by atoms with E-state index in [0.717, 1.165) is 17.7 Å². The summed E-state index contributed by atoms with van der Waals surface area (Å²) in [7, 11) is 0. The van der Waals surface area contributed by atoms with Crippen LogP contribution in [0, 0.1) is 21.4 Å². The number of aromatic hydroxyl groups is 1. The number of hydrogen-bond donors (Lipinski definition) is 2. The summed E-state index contributed by atoms with van der Waals surface area (Å²) in [6, 6.07) is 12.4. The first-order chi connectivity index (χ1) is 11.2. The molecular weight excluding hydrogens is 310 g/mol. The molecule has 0 aliphatic heterocycles. The zero-order chi connectivity index (χ0) is 17.9. The van der Waals surface area contributed by atoms with Gasteiger partial charge in [0.15, 0.2) is 5.75 Å². The second-order valence-electron chi connectivity index (χ2n) is 5.73. The van der Waals surface area contributed by atoms with Crippen molar-refractivity contribution in [2.24, 2.45) is 0 Å². The highest BCUT2D eigenvalue weighted by atomic mass is 16.6. The summed E-state index contributed by atoms with van der Waals surface area (Å²) in [6.07, 6.45) is 0. The van der Waals surface area contributed by atoms with Crippen LogP contribution >= 0.6 is 0 Å². The molecule has 0 bridgehead atoms. The predicted octanol–water partition coefficient (Wildman–Crippen LogP) is 3.35. The fourth-order valence-electron chi connectivity index (χ4n) is 2.06. The van der Waals surface area contributed by atoms with E-state index in [4.69, 9.17) is 5.26 Å². The number of nitrogens with zero attached hydrogens (tertiary/aromatic N) is 2. The van der Waals surface area contributed by atoms with Crippen LogP contribution in [0.5, 0.6) is 5.75 Å². The number of nitrogens with one attached hydrogen (secondary N) is 1. The molecule has 0 radical (unpaired) electrons. The van der Waals surface area contributed by atoms with Crippen LogP contribution in [0.3, 0.4) is 0 Å². The van der Waals surface area contributed by atoms with Gasteiger partial charge in [0.2, 0.25) is 0 Å². The van der Waals surface area contributed by atoms with Crippen LogP contribution < -0.4 is 5.32 Å². The molecule has 2 rings (SSSR count). The molecule has 2 N–H and O–H groups in total. The van der Waals surface area contributed by atoms with Crippen LogP contribution in [0.25, 0.3) is 0 Å². The van der Waals surface area contributed by atoms with Gasteiger partial charge in [-0.05, 0) is 43.7 Å². The highest BCUT2D eigenvalue weighted by Crippen LogP contribution is 2.27. The fourth-order valence-corrected chi connectivity index (χ4v) is 2.06. The van der Waals surface area contributed by atoms with Crippen LogP contribution in [-0.2, 0) is 5.41 Å². The molecule has 24 heavy (non-hydrogen) atoms. The Hall–Kier alpha value is -3.40. The van der Waals surface area contributed by atoms with Crippen molar-refractivity contribution in [2.75, 3.05) is 5.32 Å². The van der Waals surface area contributed by atoms with Crippen molar-refractivity contribution in [3.05, 3.63) is 63.7 Å². The molecular formula is C17H15N3O4. The minimum Gasteiger partial charge on any atom is -0.502 e. The first kappa shape index (κ1) is 17.0. The largest absolute Gasteiger partial charge is 0.502 e. The molecule has 0 aliphatic rings. The molecule has 0 fully saturated rings. The van der Waals surface area contributed by atoms with E-state index in [2.05, 4.69) is 11.4 Å². The van der Waals surface area contributed by atoms with Crippen molar-refractivity contribution in [1.29, 1.82) is 5.26 Å². The van der Waals surface area contributed by atoms with Gasteiger partial charge in [-0.2, -0.15) is 5.26 Å². The molecule has 2 aromatic rings. The first-order valence-corrected chi connectivity index (χ1v) is 7.05. The number of phenolic OH excluding ortho intramolecular Hbond substituents is 1. The van der Waals surface area contributed by atoms with Crippen molar-refractivity contribution in [3.8, 4) is 11.8 Å². The quantitative estimate of drug-likeness (QED) is 0.660. The van der Waals surface area contributed by atoms with E-state index in [1.165, 1.54) is 6.07 Å². The molecule has 2 aromatic carbocycles. The van der Waals surface area contributed by atoms with Gasteiger partial charge in [0.05, 0.1) is 16.4 Å². The van der Waals surface area contributed by atoms with Crippen molar-refractivity contribution >= 4 is 17.3 Å². The average molecular weight is 325 g/mol. The number of phenols is 1. The average Bonchev–Trinajstić information content (AvgIpc) is 2.54. The maximum absolute atomic E-state index is 12.1. The van der Waals surface area contributed by atoms with E-state index in [1.54, 1.807) is 38.1 Å². The van der Waals surface area contributed by atoms with E-state index in [1.807, 2.05) is 0 Å². The number of nitro groups is 1. The minimum absolute atomic E-state index is 0.0968.